The topological polar surface area (TPSA) is 74.2 Å². The van der Waals surface area contributed by atoms with E-state index >= 15 is 0 Å². The van der Waals surface area contributed by atoms with E-state index in [0.717, 1.165) is 6.42 Å². The summed E-state index contributed by atoms with van der Waals surface area (Å²) in [6.07, 6.45) is 2.36. The summed E-state index contributed by atoms with van der Waals surface area (Å²) in [4.78, 5) is 16.7. The van der Waals surface area contributed by atoms with Crippen LogP contribution in [0.15, 0.2) is 42.6 Å². The number of halogens is 1. The van der Waals surface area contributed by atoms with Crippen molar-refractivity contribution in [3.63, 3.8) is 0 Å². The summed E-state index contributed by atoms with van der Waals surface area (Å²) in [5.41, 5.74) is -0.172. The van der Waals surface area contributed by atoms with Crippen molar-refractivity contribution in [3.8, 4) is 0 Å². The van der Waals surface area contributed by atoms with E-state index in [-0.39, 0.29) is 24.2 Å². The van der Waals surface area contributed by atoms with Crippen LogP contribution in [-0.2, 0) is 0 Å². The molecule has 1 aromatic carbocycles. The van der Waals surface area contributed by atoms with Crippen molar-refractivity contribution < 1.29 is 14.3 Å². The Hall–Kier alpha value is -2.47. The van der Waals surface area contributed by atoms with Gasteiger partial charge in [-0.05, 0) is 43.2 Å². The zero-order valence-corrected chi connectivity index (χ0v) is 14.7. The van der Waals surface area contributed by atoms with Crippen molar-refractivity contribution in [3.05, 3.63) is 54.0 Å². The molecule has 6 heteroatoms. The summed E-state index contributed by atoms with van der Waals surface area (Å²) < 4.78 is 13.3. The molecule has 3 N–H and O–H groups in total. The first-order valence-corrected chi connectivity index (χ1v) is 8.31. The molecule has 2 aromatic rings. The number of hydrogen-bond acceptors (Lipinski definition) is 4. The van der Waals surface area contributed by atoms with Gasteiger partial charge >= 0.3 is 0 Å². The molecule has 0 bridgehead atoms. The number of carbonyl (C=O) groups excluding carboxylic acids is 1. The van der Waals surface area contributed by atoms with Gasteiger partial charge in [0, 0.05) is 18.4 Å². The Morgan fingerprint density at radius 2 is 2.12 bits per heavy atom. The molecular formula is C19H24FN3O2. The van der Waals surface area contributed by atoms with Crippen LogP contribution in [0.25, 0.3) is 0 Å². The smallest absolute Gasteiger partial charge is 0.255 e. The highest BCUT2D eigenvalue weighted by Crippen LogP contribution is 2.21. The molecular weight excluding hydrogens is 321 g/mol. The predicted molar refractivity (Wildman–Crippen MR) is 96.3 cm³/mol. The Morgan fingerprint density at radius 1 is 1.36 bits per heavy atom. The number of hydrogen-bond donors (Lipinski definition) is 3. The first kappa shape index (κ1) is 18.9. The number of nitrogens with one attached hydrogen (secondary N) is 2. The fourth-order valence-electron chi connectivity index (χ4n) is 2.36. The molecule has 25 heavy (non-hydrogen) atoms. The van der Waals surface area contributed by atoms with Gasteiger partial charge in [-0.1, -0.05) is 26.3 Å². The van der Waals surface area contributed by atoms with Gasteiger partial charge in [-0.15, -0.1) is 0 Å². The Labute approximate surface area is 147 Å². The van der Waals surface area contributed by atoms with Crippen LogP contribution in [0.2, 0.25) is 0 Å². The van der Waals surface area contributed by atoms with Gasteiger partial charge < -0.3 is 15.7 Å². The van der Waals surface area contributed by atoms with E-state index in [1.165, 1.54) is 12.1 Å². The molecule has 2 atom stereocenters. The number of benzene rings is 1. The summed E-state index contributed by atoms with van der Waals surface area (Å²) in [7, 11) is 0. The Balaban J connectivity index is 2.13. The number of rotatable bonds is 7. The lowest BCUT2D eigenvalue weighted by atomic mass is 9.88. The van der Waals surface area contributed by atoms with Crippen LogP contribution in [0, 0.1) is 11.7 Å². The van der Waals surface area contributed by atoms with Gasteiger partial charge in [-0.25, -0.2) is 9.37 Å². The van der Waals surface area contributed by atoms with Gasteiger partial charge in [-0.2, -0.15) is 0 Å². The summed E-state index contributed by atoms with van der Waals surface area (Å²) in [5, 5.41) is 16.1. The van der Waals surface area contributed by atoms with Crippen molar-refractivity contribution in [2.45, 2.75) is 32.8 Å². The van der Waals surface area contributed by atoms with Crippen LogP contribution >= 0.6 is 0 Å². The maximum atomic E-state index is 13.3. The van der Waals surface area contributed by atoms with Crippen LogP contribution in [0.1, 0.15) is 37.6 Å². The summed E-state index contributed by atoms with van der Waals surface area (Å²) in [6, 6.07) is 9.20. The Bertz CT molecular complexity index is 734. The van der Waals surface area contributed by atoms with Crippen molar-refractivity contribution in [2.75, 3.05) is 11.9 Å². The van der Waals surface area contributed by atoms with E-state index in [1.807, 2.05) is 13.8 Å². The van der Waals surface area contributed by atoms with Crippen LogP contribution in [-0.4, -0.2) is 28.1 Å². The van der Waals surface area contributed by atoms with Gasteiger partial charge in [0.15, 0.2) is 0 Å². The minimum atomic E-state index is -0.997. The largest absolute Gasteiger partial charge is 0.388 e. The monoisotopic (exact) mass is 345 g/mol. The highest BCUT2D eigenvalue weighted by molar-refractivity contribution is 5.99. The van der Waals surface area contributed by atoms with Crippen molar-refractivity contribution in [2.24, 2.45) is 5.92 Å². The minimum Gasteiger partial charge on any atom is -0.388 e. The summed E-state index contributed by atoms with van der Waals surface area (Å²) >= 11 is 0. The molecule has 0 spiro atoms. The number of nitrogens with zero attached hydrogens (tertiary/aromatic N) is 1. The molecule has 0 aliphatic heterocycles. The second-order valence-electron chi connectivity index (χ2n) is 6.38. The predicted octanol–water partition coefficient (Wildman–Crippen LogP) is 3.49. The number of anilines is 2. The van der Waals surface area contributed by atoms with E-state index in [0.29, 0.717) is 17.1 Å². The van der Waals surface area contributed by atoms with Crippen molar-refractivity contribution in [1.82, 2.24) is 10.3 Å². The fourth-order valence-corrected chi connectivity index (χ4v) is 2.36. The zero-order chi connectivity index (χ0) is 18.4. The third kappa shape index (κ3) is 5.00. The molecule has 0 saturated heterocycles. The standard InChI is InChI=1S/C19H24FN3O2/c1-4-13(2)19(3,25)12-22-18(24)16-9-6-10-21-17(16)23-15-8-5-7-14(20)11-15/h5-11,13,25H,4,12H2,1-3H3,(H,21,23)(H,22,24). The lowest BCUT2D eigenvalue weighted by Gasteiger charge is -2.29. The molecule has 5 nitrogen and oxygen atoms in total. The van der Waals surface area contributed by atoms with Crippen LogP contribution in [0.3, 0.4) is 0 Å². The van der Waals surface area contributed by atoms with Crippen LogP contribution < -0.4 is 10.6 Å². The molecule has 0 fully saturated rings. The van der Waals surface area contributed by atoms with E-state index in [9.17, 15) is 14.3 Å². The molecule has 1 amide bonds. The van der Waals surface area contributed by atoms with Crippen LogP contribution in [0.5, 0.6) is 0 Å². The molecule has 2 rings (SSSR count). The normalized spacial score (nSPS) is 14.4. The summed E-state index contributed by atoms with van der Waals surface area (Å²) in [5.74, 6) is -0.354. The van der Waals surface area contributed by atoms with E-state index in [4.69, 9.17) is 0 Å². The highest BCUT2D eigenvalue weighted by Gasteiger charge is 2.28. The number of aromatic nitrogens is 1. The van der Waals surface area contributed by atoms with Crippen LogP contribution in [0.4, 0.5) is 15.9 Å². The second kappa shape index (κ2) is 8.07. The quantitative estimate of drug-likeness (QED) is 0.718. The molecule has 0 radical (unpaired) electrons. The number of carbonyl (C=O) groups is 1. The maximum Gasteiger partial charge on any atom is 0.255 e. The Kier molecular flexibility index (Phi) is 6.09. The minimum absolute atomic E-state index is 0.0478. The van der Waals surface area contributed by atoms with Gasteiger partial charge in [0.05, 0.1) is 11.2 Å². The summed E-state index contributed by atoms with van der Waals surface area (Å²) in [6.45, 7) is 5.77. The number of amides is 1. The van der Waals surface area contributed by atoms with Gasteiger partial charge in [-0.3, -0.25) is 4.79 Å². The molecule has 134 valence electrons. The molecule has 0 saturated carbocycles. The van der Waals surface area contributed by atoms with E-state index in [2.05, 4.69) is 15.6 Å². The highest BCUT2D eigenvalue weighted by atomic mass is 19.1. The average molecular weight is 345 g/mol. The van der Waals surface area contributed by atoms with Gasteiger partial charge in [0.2, 0.25) is 0 Å². The first-order chi connectivity index (χ1) is 11.8. The molecule has 0 aliphatic carbocycles. The lowest BCUT2D eigenvalue weighted by Crippen LogP contribution is -2.45. The average Bonchev–Trinajstić information content (AvgIpc) is 2.59. The lowest BCUT2D eigenvalue weighted by molar-refractivity contribution is 0.00593. The number of aliphatic hydroxyl groups is 1. The van der Waals surface area contributed by atoms with E-state index < -0.39 is 5.60 Å². The van der Waals surface area contributed by atoms with Gasteiger partial charge in [0.1, 0.15) is 11.6 Å². The third-order valence-electron chi connectivity index (χ3n) is 4.42. The SMILES string of the molecule is CCC(C)C(C)(O)CNC(=O)c1cccnc1Nc1cccc(F)c1. The second-order valence-corrected chi connectivity index (χ2v) is 6.38. The van der Waals surface area contributed by atoms with E-state index in [1.54, 1.807) is 37.4 Å². The zero-order valence-electron chi connectivity index (χ0n) is 14.7. The molecule has 0 aliphatic rings. The third-order valence-corrected chi connectivity index (χ3v) is 4.42. The number of pyridine rings is 1. The maximum absolute atomic E-state index is 13.3. The molecule has 2 unspecified atom stereocenters. The van der Waals surface area contributed by atoms with Crippen molar-refractivity contribution >= 4 is 17.4 Å². The fraction of sp³-hybridized carbons (Fsp3) is 0.368. The molecule has 1 aromatic heterocycles. The first-order valence-electron chi connectivity index (χ1n) is 8.31. The van der Waals surface area contributed by atoms with Crippen molar-refractivity contribution in [1.29, 1.82) is 0 Å². The van der Waals surface area contributed by atoms with Gasteiger partial charge in [0.25, 0.3) is 5.91 Å². The molecule has 1 heterocycles. The Morgan fingerprint density at radius 3 is 2.80 bits per heavy atom.